The summed E-state index contributed by atoms with van der Waals surface area (Å²) >= 11 is 0. The van der Waals surface area contributed by atoms with Crippen molar-refractivity contribution in [3.8, 4) is 11.3 Å². The van der Waals surface area contributed by atoms with E-state index in [0.717, 1.165) is 54.1 Å². The normalized spacial score (nSPS) is 17.1. The predicted octanol–water partition coefficient (Wildman–Crippen LogP) is 3.11. The minimum absolute atomic E-state index is 0.212. The van der Waals surface area contributed by atoms with Crippen LogP contribution in [0.4, 0.5) is 5.69 Å². The van der Waals surface area contributed by atoms with Gasteiger partial charge in [0, 0.05) is 35.6 Å². The van der Waals surface area contributed by atoms with Gasteiger partial charge in [-0.05, 0) is 51.2 Å². The van der Waals surface area contributed by atoms with Crippen molar-refractivity contribution in [2.45, 2.75) is 45.4 Å². The Bertz CT molecular complexity index is 1010. The number of carbonyl (C=O) groups is 1. The Morgan fingerprint density at radius 2 is 1.77 bits per heavy atom. The third-order valence-corrected chi connectivity index (χ3v) is 5.56. The largest absolute Gasteiger partial charge is 0.312 e. The zero-order valence-electron chi connectivity index (χ0n) is 14.9. The Labute approximate surface area is 151 Å². The number of amides is 1. The van der Waals surface area contributed by atoms with Crippen LogP contribution in [-0.2, 0) is 17.6 Å². The van der Waals surface area contributed by atoms with E-state index in [-0.39, 0.29) is 5.91 Å². The van der Waals surface area contributed by atoms with E-state index >= 15 is 0 Å². The minimum Gasteiger partial charge on any atom is -0.312 e. The third kappa shape index (κ3) is 2.32. The summed E-state index contributed by atoms with van der Waals surface area (Å²) in [6.07, 6.45) is 6.01. The number of nitrogens with zero attached hydrogens (tertiary/aromatic N) is 5. The van der Waals surface area contributed by atoms with Gasteiger partial charge in [0.2, 0.25) is 5.91 Å². The van der Waals surface area contributed by atoms with Crippen LogP contribution in [0.5, 0.6) is 0 Å². The Hall–Kier alpha value is -2.76. The smallest absolute Gasteiger partial charge is 0.254 e. The molecule has 1 aliphatic heterocycles. The Morgan fingerprint density at radius 3 is 2.54 bits per heavy atom. The van der Waals surface area contributed by atoms with Gasteiger partial charge in [0.1, 0.15) is 0 Å². The molecule has 1 saturated heterocycles. The average Bonchev–Trinajstić information content (AvgIpc) is 3.25. The summed E-state index contributed by atoms with van der Waals surface area (Å²) in [7, 11) is 0. The van der Waals surface area contributed by atoms with Crippen molar-refractivity contribution in [2.75, 3.05) is 11.4 Å². The molecule has 0 radical (unpaired) electrons. The maximum atomic E-state index is 11.9. The fraction of sp³-hybridized carbons (Fsp3) is 0.400. The molecule has 132 valence electrons. The molecule has 3 aromatic rings. The molecule has 2 aliphatic rings. The number of imidazole rings is 1. The maximum Gasteiger partial charge on any atom is 0.254 e. The van der Waals surface area contributed by atoms with Gasteiger partial charge in [0.05, 0.1) is 11.4 Å². The molecule has 0 N–H and O–H groups in total. The molecule has 1 fully saturated rings. The van der Waals surface area contributed by atoms with E-state index in [1.807, 2.05) is 17.0 Å². The second-order valence-electron chi connectivity index (χ2n) is 7.18. The first kappa shape index (κ1) is 15.5. The van der Waals surface area contributed by atoms with Crippen molar-refractivity contribution in [1.82, 2.24) is 19.6 Å². The number of aryl methyl sites for hydroxylation is 3. The second-order valence-corrected chi connectivity index (χ2v) is 7.18. The summed E-state index contributed by atoms with van der Waals surface area (Å²) < 4.78 is 2.18. The summed E-state index contributed by atoms with van der Waals surface area (Å²) in [5.41, 5.74) is 6.44. The number of carbonyl (C=O) groups excluding carboxylic acids is 1. The molecule has 6 nitrogen and oxygen atoms in total. The highest BCUT2D eigenvalue weighted by Crippen LogP contribution is 2.29. The Balaban J connectivity index is 1.57. The van der Waals surface area contributed by atoms with Crippen molar-refractivity contribution in [3.63, 3.8) is 0 Å². The third-order valence-electron chi connectivity index (χ3n) is 5.56. The predicted molar refractivity (Wildman–Crippen MR) is 99.2 cm³/mol. The van der Waals surface area contributed by atoms with Gasteiger partial charge in [-0.25, -0.2) is 4.98 Å². The van der Waals surface area contributed by atoms with Crippen molar-refractivity contribution >= 4 is 17.4 Å². The fourth-order valence-electron chi connectivity index (χ4n) is 4.20. The fourth-order valence-corrected chi connectivity index (χ4v) is 4.20. The number of rotatable bonds is 2. The minimum atomic E-state index is 0.212. The molecule has 3 heterocycles. The van der Waals surface area contributed by atoms with Crippen LogP contribution in [0.1, 0.15) is 42.8 Å². The van der Waals surface area contributed by atoms with E-state index in [1.165, 1.54) is 18.5 Å². The Morgan fingerprint density at radius 1 is 0.962 bits per heavy atom. The second kappa shape index (κ2) is 5.90. The summed E-state index contributed by atoms with van der Waals surface area (Å²) in [4.78, 5) is 18.5. The molecule has 26 heavy (non-hydrogen) atoms. The zero-order valence-corrected chi connectivity index (χ0v) is 14.9. The van der Waals surface area contributed by atoms with Crippen molar-refractivity contribution in [1.29, 1.82) is 0 Å². The van der Waals surface area contributed by atoms with Crippen molar-refractivity contribution < 1.29 is 4.79 Å². The molecule has 1 amide bonds. The monoisotopic (exact) mass is 347 g/mol. The number of benzene rings is 1. The average molecular weight is 347 g/mol. The lowest BCUT2D eigenvalue weighted by atomic mass is 10.0. The highest BCUT2D eigenvalue weighted by Gasteiger charge is 2.23. The quantitative estimate of drug-likeness (QED) is 0.714. The SMILES string of the molecule is Cc1c(-c2ccc(N3CCCC3=O)cc2)nc2nnc3c(n12)CCCC3. The van der Waals surface area contributed by atoms with Crippen LogP contribution < -0.4 is 4.90 Å². The Kier molecular flexibility index (Phi) is 3.51. The van der Waals surface area contributed by atoms with Gasteiger partial charge in [-0.3, -0.25) is 9.20 Å². The molecule has 6 heteroatoms. The van der Waals surface area contributed by atoms with Crippen LogP contribution in [0.25, 0.3) is 17.0 Å². The molecule has 0 atom stereocenters. The van der Waals surface area contributed by atoms with E-state index < -0.39 is 0 Å². The van der Waals surface area contributed by atoms with Crippen molar-refractivity contribution in [3.05, 3.63) is 41.3 Å². The molecule has 1 aromatic carbocycles. The first-order chi connectivity index (χ1) is 12.7. The lowest BCUT2D eigenvalue weighted by Crippen LogP contribution is -2.23. The molecule has 2 aromatic heterocycles. The van der Waals surface area contributed by atoms with Crippen LogP contribution in [0.15, 0.2) is 24.3 Å². The first-order valence-corrected chi connectivity index (χ1v) is 9.36. The van der Waals surface area contributed by atoms with Gasteiger partial charge < -0.3 is 4.90 Å². The van der Waals surface area contributed by atoms with Crippen LogP contribution >= 0.6 is 0 Å². The number of hydrogen-bond acceptors (Lipinski definition) is 4. The number of fused-ring (bicyclic) bond motifs is 3. The van der Waals surface area contributed by atoms with Gasteiger partial charge in [0.15, 0.2) is 0 Å². The van der Waals surface area contributed by atoms with Gasteiger partial charge in [-0.15, -0.1) is 5.10 Å². The summed E-state index contributed by atoms with van der Waals surface area (Å²) in [5.74, 6) is 0.889. The standard InChI is InChI=1S/C20H21N5O/c1-13-19(14-8-10-15(11-9-14)24-12-4-7-18(24)26)21-20-23-22-16-5-2-3-6-17(16)25(13)20/h8-11H,2-7,12H2,1H3. The molecular weight excluding hydrogens is 326 g/mol. The highest BCUT2D eigenvalue weighted by molar-refractivity contribution is 5.95. The molecule has 1 aliphatic carbocycles. The van der Waals surface area contributed by atoms with Gasteiger partial charge in [0.25, 0.3) is 5.78 Å². The number of aromatic nitrogens is 4. The van der Waals surface area contributed by atoms with Gasteiger partial charge in [-0.2, -0.15) is 5.10 Å². The molecule has 5 rings (SSSR count). The number of hydrogen-bond donors (Lipinski definition) is 0. The maximum absolute atomic E-state index is 11.9. The van der Waals surface area contributed by atoms with Crippen LogP contribution in [0, 0.1) is 6.92 Å². The molecule has 0 unspecified atom stereocenters. The lowest BCUT2D eigenvalue weighted by molar-refractivity contribution is -0.117. The zero-order chi connectivity index (χ0) is 17.7. The highest BCUT2D eigenvalue weighted by atomic mass is 16.2. The summed E-state index contributed by atoms with van der Waals surface area (Å²) in [5, 5.41) is 8.73. The van der Waals surface area contributed by atoms with E-state index in [0.29, 0.717) is 12.2 Å². The van der Waals surface area contributed by atoms with E-state index in [2.05, 4.69) is 33.7 Å². The summed E-state index contributed by atoms with van der Waals surface area (Å²) in [6, 6.07) is 8.14. The molecule has 0 saturated carbocycles. The van der Waals surface area contributed by atoms with Crippen molar-refractivity contribution in [2.24, 2.45) is 0 Å². The topological polar surface area (TPSA) is 63.4 Å². The van der Waals surface area contributed by atoms with Crippen LogP contribution in [0.2, 0.25) is 0 Å². The molecule has 0 spiro atoms. The van der Waals surface area contributed by atoms with E-state index in [9.17, 15) is 4.79 Å². The van der Waals surface area contributed by atoms with E-state index in [4.69, 9.17) is 4.98 Å². The van der Waals surface area contributed by atoms with Crippen LogP contribution in [-0.4, -0.2) is 32.0 Å². The van der Waals surface area contributed by atoms with E-state index in [1.54, 1.807) is 0 Å². The molecular formula is C20H21N5O. The summed E-state index contributed by atoms with van der Waals surface area (Å²) in [6.45, 7) is 2.91. The van der Waals surface area contributed by atoms with Crippen LogP contribution in [0.3, 0.4) is 0 Å². The molecule has 0 bridgehead atoms. The van der Waals surface area contributed by atoms with Gasteiger partial charge in [-0.1, -0.05) is 12.1 Å². The first-order valence-electron chi connectivity index (χ1n) is 9.36. The lowest BCUT2D eigenvalue weighted by Gasteiger charge is -2.16. The van der Waals surface area contributed by atoms with Gasteiger partial charge >= 0.3 is 0 Å². The number of anilines is 1.